The lowest BCUT2D eigenvalue weighted by atomic mass is 9.84. The highest BCUT2D eigenvalue weighted by Crippen LogP contribution is 2.30. The zero-order valence-corrected chi connectivity index (χ0v) is 74.8. The standard InChI is InChI=1S/C28H39NO3.C25H31NO6.C24H36N2O5.C19H26O6/c1-18(2)14-22-10-12-24(13-11-22)21(6)26(30)16-25(19(3)4)28(31)29-17-23-9-8-20(5)27(15-23)32-7;1-15(2)21(25(30)26-13-19-6-8-22(28)16(3)10-19)12-24(29)31-14-20-7-9-23(17(4)11-20)32-18(5)27;1-16(2)8-7-9-18(5)12-13-31-24(29)26-22(17(3)4)23(28)25-15-19-10-11-20(27)21(14-19)30-6;1-6-23-19(22)16(12(2)3)10-18(21)24-11-15-7-8-17(13(4)9-15)25-14(5)20/h8-13,15,18-19,21,25H,14,16-17H2,1-7H3,(H,29,31);6-11,15,21,28H,12-14H2,1-5H3,(H,26,30);8,10-12,14,17,22,27H,7,9,13,15H2,1-6H3,(H,25,28)(H,26,29);7-9,12,16H,6,10-11H2,1-5H3/b;;18-12+;/t21?,25-;21-;22-;16-/m0000/s1. The molecule has 656 valence electrons. The number of carbonyl (C=O) groups is 10. The van der Waals surface area contributed by atoms with Crippen LogP contribution in [0.2, 0.25) is 0 Å². The van der Waals surface area contributed by atoms with E-state index in [1.54, 1.807) is 95.5 Å². The van der Waals surface area contributed by atoms with E-state index >= 15 is 0 Å². The van der Waals surface area contributed by atoms with Crippen LogP contribution in [-0.4, -0.2) is 103 Å². The van der Waals surface area contributed by atoms with E-state index in [0.717, 1.165) is 86.2 Å². The van der Waals surface area contributed by atoms with Gasteiger partial charge in [0.15, 0.2) is 11.5 Å². The monoisotopic (exact) mass is 1660 g/mol. The third-order valence-corrected chi connectivity index (χ3v) is 19.6. The highest BCUT2D eigenvalue weighted by Gasteiger charge is 2.31. The number of esters is 5. The van der Waals surface area contributed by atoms with Crippen molar-refractivity contribution in [3.8, 4) is 34.5 Å². The number of ether oxygens (including phenoxy) is 8. The Hall–Kier alpha value is -11.3. The van der Waals surface area contributed by atoms with Crippen molar-refractivity contribution in [2.45, 2.75) is 229 Å². The summed E-state index contributed by atoms with van der Waals surface area (Å²) >= 11 is 0. The maximum Gasteiger partial charge on any atom is 0.408 e. The number of hydrogen-bond acceptors (Lipinski definition) is 20. The molecule has 4 amide bonds. The first-order chi connectivity index (χ1) is 56.6. The predicted octanol–water partition coefficient (Wildman–Crippen LogP) is 17.5. The highest BCUT2D eigenvalue weighted by atomic mass is 16.6. The van der Waals surface area contributed by atoms with Crippen molar-refractivity contribution in [1.29, 1.82) is 0 Å². The fraction of sp³-hybridized carbons (Fsp3) is 0.479. The molecule has 0 aliphatic carbocycles. The number of phenolic OH excluding ortho intramolecular Hbond substituents is 2. The van der Waals surface area contributed by atoms with Crippen LogP contribution in [0.1, 0.15) is 217 Å². The third kappa shape index (κ3) is 38.6. The molecule has 0 saturated carbocycles. The zero-order valence-electron chi connectivity index (χ0n) is 74.8. The molecule has 6 N–H and O–H groups in total. The van der Waals surface area contributed by atoms with Gasteiger partial charge in [-0.05, 0) is 220 Å². The van der Waals surface area contributed by atoms with E-state index in [2.05, 4.69) is 79.3 Å². The second kappa shape index (κ2) is 53.3. The molecule has 0 aliphatic rings. The molecule has 0 spiro atoms. The van der Waals surface area contributed by atoms with Gasteiger partial charge < -0.3 is 69.4 Å². The predicted molar refractivity (Wildman–Crippen MR) is 465 cm³/mol. The Bertz CT molecular complexity index is 4400. The Labute approximate surface area is 711 Å². The molecule has 0 heterocycles. The largest absolute Gasteiger partial charge is 0.508 e. The van der Waals surface area contributed by atoms with Gasteiger partial charge in [0.25, 0.3) is 0 Å². The number of ketones is 1. The fourth-order valence-electron chi connectivity index (χ4n) is 12.3. The van der Waals surface area contributed by atoms with Crippen molar-refractivity contribution in [2.24, 2.45) is 47.3 Å². The molecule has 0 radical (unpaired) electrons. The molecule has 0 aliphatic heterocycles. The molecule has 120 heavy (non-hydrogen) atoms. The lowest BCUT2D eigenvalue weighted by molar-refractivity contribution is -0.157. The van der Waals surface area contributed by atoms with Crippen molar-refractivity contribution in [3.05, 3.63) is 200 Å². The van der Waals surface area contributed by atoms with E-state index in [4.69, 9.17) is 37.9 Å². The average Bonchev–Trinajstić information content (AvgIpc) is 0.870. The van der Waals surface area contributed by atoms with E-state index in [-0.39, 0.29) is 135 Å². The average molecular weight is 1660 g/mol. The number of amides is 4. The molecule has 1 unspecified atom stereocenters. The number of nitrogens with one attached hydrogen (secondary N) is 4. The van der Waals surface area contributed by atoms with Crippen LogP contribution >= 0.6 is 0 Å². The maximum atomic E-state index is 13.0. The Balaban J connectivity index is 0.000000415. The number of methoxy groups -OCH3 is 2. The van der Waals surface area contributed by atoms with Gasteiger partial charge in [-0.2, -0.15) is 0 Å². The molecule has 0 fully saturated rings. The molecular weight excluding hydrogens is 1530 g/mol. The normalized spacial score (nSPS) is 12.2. The first-order valence-corrected chi connectivity index (χ1v) is 41.0. The van der Waals surface area contributed by atoms with Crippen molar-refractivity contribution in [3.63, 3.8) is 0 Å². The Morgan fingerprint density at radius 1 is 0.433 bits per heavy atom. The Morgan fingerprint density at radius 2 is 0.875 bits per heavy atom. The van der Waals surface area contributed by atoms with Crippen LogP contribution in [-0.2, 0) is 101 Å². The van der Waals surface area contributed by atoms with Crippen LogP contribution in [0.3, 0.4) is 0 Å². The van der Waals surface area contributed by atoms with E-state index < -0.39 is 41.9 Å². The summed E-state index contributed by atoms with van der Waals surface area (Å²) in [6.07, 6.45) is 6.53. The molecule has 6 rings (SSSR count). The molecule has 0 saturated heterocycles. The topological polar surface area (TPSA) is 333 Å². The first kappa shape index (κ1) is 103. The maximum absolute atomic E-state index is 13.0. The molecule has 24 nitrogen and oxygen atoms in total. The number of allylic oxidation sites excluding steroid dienone is 3. The molecule has 24 heteroatoms. The van der Waals surface area contributed by atoms with Gasteiger partial charge in [-0.3, -0.25) is 43.2 Å². The van der Waals surface area contributed by atoms with Gasteiger partial charge in [0, 0.05) is 51.7 Å². The van der Waals surface area contributed by atoms with Crippen molar-refractivity contribution >= 4 is 59.4 Å². The van der Waals surface area contributed by atoms with Gasteiger partial charge >= 0.3 is 35.9 Å². The van der Waals surface area contributed by atoms with Crippen molar-refractivity contribution in [1.82, 2.24) is 21.3 Å². The van der Waals surface area contributed by atoms with Gasteiger partial charge in [0.1, 0.15) is 54.6 Å². The summed E-state index contributed by atoms with van der Waals surface area (Å²) < 4.78 is 41.4. The summed E-state index contributed by atoms with van der Waals surface area (Å²) in [5.41, 5.74) is 12.2. The molecule has 6 aromatic carbocycles. The van der Waals surface area contributed by atoms with E-state index in [0.29, 0.717) is 36.3 Å². The molecule has 6 aromatic rings. The quantitative estimate of drug-likeness (QED) is 0.00903. The van der Waals surface area contributed by atoms with Crippen LogP contribution in [0.25, 0.3) is 0 Å². The lowest BCUT2D eigenvalue weighted by Gasteiger charge is -2.22. The molecular formula is C96H132N4O20. The summed E-state index contributed by atoms with van der Waals surface area (Å²) in [6.45, 7) is 41.0. The fourth-order valence-corrected chi connectivity index (χ4v) is 12.3. The third-order valence-electron chi connectivity index (χ3n) is 19.6. The number of phenols is 2. The number of Topliss-reactive ketones (excluding diaryl/α,β-unsaturated/α-hetero) is 1. The number of benzene rings is 6. The number of alkyl carbamates (subject to hydrolysis) is 1. The Morgan fingerprint density at radius 3 is 1.32 bits per heavy atom. The van der Waals surface area contributed by atoms with Crippen LogP contribution < -0.4 is 40.2 Å². The van der Waals surface area contributed by atoms with Gasteiger partial charge in [-0.1, -0.05) is 160 Å². The number of aryl methyl sites for hydroxylation is 4. The van der Waals surface area contributed by atoms with Crippen LogP contribution in [0.4, 0.5) is 4.79 Å². The molecule has 0 bridgehead atoms. The summed E-state index contributed by atoms with van der Waals surface area (Å²) in [4.78, 5) is 122. The number of rotatable bonds is 39. The SMILES string of the molecule is CC(=O)Oc1ccc(COC(=O)C[C@H](C(=O)NCc2ccc(O)c(C)c2)C(C)C)cc1C.CCOC(=O)[C@@H](CC(=O)OCc1ccc(OC(C)=O)c(C)c1)C(C)C.COc1cc(CNC(=O)[C@@H](CC(=O)C(C)c2ccc(CC(C)C)cc2)C(C)C)ccc1C.COc1cc(CNC(=O)[C@@H](NC(=O)OC/C=C(\C)CCC=C(C)C)C(C)C)ccc1O. The zero-order chi connectivity index (χ0) is 90.0. The van der Waals surface area contributed by atoms with Crippen LogP contribution in [0, 0.1) is 75.0 Å². The first-order valence-electron chi connectivity index (χ1n) is 41.0. The van der Waals surface area contributed by atoms with E-state index in [9.17, 15) is 58.2 Å². The summed E-state index contributed by atoms with van der Waals surface area (Å²) in [6, 6.07) is 33.9. The Kier molecular flexibility index (Phi) is 45.7. The number of carbonyl (C=O) groups excluding carboxylic acids is 10. The van der Waals surface area contributed by atoms with Gasteiger partial charge in [0.05, 0.1) is 45.5 Å². The minimum atomic E-state index is -0.728. The summed E-state index contributed by atoms with van der Waals surface area (Å²) in [7, 11) is 3.10. The number of hydrogen-bond donors (Lipinski definition) is 6. The second-order valence-corrected chi connectivity index (χ2v) is 32.1. The molecule has 0 aromatic heterocycles. The summed E-state index contributed by atoms with van der Waals surface area (Å²) in [5, 5.41) is 30.6. The number of aromatic hydroxyl groups is 2. The van der Waals surface area contributed by atoms with E-state index in [1.807, 2.05) is 107 Å². The smallest absolute Gasteiger partial charge is 0.408 e. The van der Waals surface area contributed by atoms with Gasteiger partial charge in [-0.25, -0.2) is 4.79 Å². The van der Waals surface area contributed by atoms with Crippen molar-refractivity contribution < 1.29 is 96.1 Å². The summed E-state index contributed by atoms with van der Waals surface area (Å²) in [5.74, 6) is -1.37. The van der Waals surface area contributed by atoms with Crippen LogP contribution in [0.15, 0.2) is 139 Å². The minimum absolute atomic E-state index is 0.0129. The van der Waals surface area contributed by atoms with E-state index in [1.165, 1.54) is 38.2 Å². The van der Waals surface area contributed by atoms with Crippen molar-refractivity contribution in [2.75, 3.05) is 27.4 Å². The lowest BCUT2D eigenvalue weighted by Crippen LogP contribution is -2.49. The van der Waals surface area contributed by atoms with Crippen LogP contribution in [0.5, 0.6) is 34.5 Å². The highest BCUT2D eigenvalue weighted by molar-refractivity contribution is 5.91. The minimum Gasteiger partial charge on any atom is -0.508 e. The second-order valence-electron chi connectivity index (χ2n) is 32.1. The van der Waals surface area contributed by atoms with Gasteiger partial charge in [0.2, 0.25) is 17.7 Å². The molecule has 5 atom stereocenters. The van der Waals surface area contributed by atoms with Gasteiger partial charge in [-0.15, -0.1) is 0 Å².